The lowest BCUT2D eigenvalue weighted by molar-refractivity contribution is -0.387. The summed E-state index contributed by atoms with van der Waals surface area (Å²) in [5.74, 6) is 0.558. The molecule has 6 heteroatoms. The lowest BCUT2D eigenvalue weighted by Crippen LogP contribution is -2.02. The molecule has 0 aromatic heterocycles. The Kier molecular flexibility index (Phi) is 7.63. The maximum Gasteiger partial charge on any atom is 0.283 e. The van der Waals surface area contributed by atoms with E-state index in [1.54, 1.807) is 36.4 Å². The van der Waals surface area contributed by atoms with Crippen LogP contribution in [0.5, 0.6) is 0 Å². The molecule has 0 atom stereocenters. The SMILES string of the molecule is O=C(c1ccccc1)c1ccc(SCCCCCCO)c([N+](=O)[O-])c1. The summed E-state index contributed by atoms with van der Waals surface area (Å²) in [5.41, 5.74) is 0.813. The van der Waals surface area contributed by atoms with E-state index in [1.165, 1.54) is 17.8 Å². The number of hydrogen-bond acceptors (Lipinski definition) is 5. The van der Waals surface area contributed by atoms with Gasteiger partial charge in [0.1, 0.15) is 0 Å². The molecule has 0 saturated carbocycles. The predicted octanol–water partition coefficient (Wildman–Crippen LogP) is 4.47. The van der Waals surface area contributed by atoms with Gasteiger partial charge < -0.3 is 5.11 Å². The van der Waals surface area contributed by atoms with Crippen LogP contribution >= 0.6 is 11.8 Å². The molecule has 0 saturated heterocycles. The van der Waals surface area contributed by atoms with Crippen LogP contribution in [0.4, 0.5) is 5.69 Å². The second kappa shape index (κ2) is 9.96. The zero-order valence-electron chi connectivity index (χ0n) is 13.9. The standard InChI is InChI=1S/C19H21NO4S/c21-12-6-1-2-7-13-25-18-11-10-16(14-17(18)20(23)24)19(22)15-8-4-3-5-9-15/h3-5,8-11,14,21H,1-2,6-7,12-13H2. The Morgan fingerprint density at radius 2 is 1.72 bits per heavy atom. The van der Waals surface area contributed by atoms with Crippen LogP contribution in [-0.2, 0) is 0 Å². The highest BCUT2D eigenvalue weighted by Crippen LogP contribution is 2.31. The normalized spacial score (nSPS) is 10.6. The van der Waals surface area contributed by atoms with E-state index >= 15 is 0 Å². The van der Waals surface area contributed by atoms with Crippen molar-refractivity contribution in [1.82, 2.24) is 0 Å². The molecular weight excluding hydrogens is 338 g/mol. The summed E-state index contributed by atoms with van der Waals surface area (Å²) in [6.45, 7) is 0.204. The number of ketones is 1. The topological polar surface area (TPSA) is 80.4 Å². The van der Waals surface area contributed by atoms with Crippen molar-refractivity contribution in [2.75, 3.05) is 12.4 Å². The number of rotatable bonds is 10. The summed E-state index contributed by atoms with van der Waals surface area (Å²) in [6, 6.07) is 13.4. The van der Waals surface area contributed by atoms with Crippen LogP contribution in [0.1, 0.15) is 41.6 Å². The van der Waals surface area contributed by atoms with Gasteiger partial charge in [0, 0.05) is 23.8 Å². The number of nitro groups is 1. The summed E-state index contributed by atoms with van der Waals surface area (Å²) in [5, 5.41) is 20.1. The van der Waals surface area contributed by atoms with Crippen molar-refractivity contribution in [1.29, 1.82) is 0 Å². The van der Waals surface area contributed by atoms with Gasteiger partial charge in [0.05, 0.1) is 9.82 Å². The molecule has 0 aliphatic heterocycles. The lowest BCUT2D eigenvalue weighted by Gasteiger charge is -2.06. The van der Waals surface area contributed by atoms with Crippen LogP contribution in [0.2, 0.25) is 0 Å². The van der Waals surface area contributed by atoms with Crippen LogP contribution in [-0.4, -0.2) is 28.2 Å². The molecule has 0 unspecified atom stereocenters. The molecule has 0 amide bonds. The van der Waals surface area contributed by atoms with Crippen LogP contribution in [0.15, 0.2) is 53.4 Å². The van der Waals surface area contributed by atoms with E-state index in [2.05, 4.69) is 0 Å². The Morgan fingerprint density at radius 3 is 2.40 bits per heavy atom. The van der Waals surface area contributed by atoms with Gasteiger partial charge in [0.2, 0.25) is 0 Å². The highest BCUT2D eigenvalue weighted by molar-refractivity contribution is 7.99. The van der Waals surface area contributed by atoms with E-state index in [1.807, 2.05) is 6.07 Å². The zero-order chi connectivity index (χ0) is 18.1. The minimum absolute atomic E-state index is 0.0258. The quantitative estimate of drug-likeness (QED) is 0.222. The van der Waals surface area contributed by atoms with Gasteiger partial charge in [-0.3, -0.25) is 14.9 Å². The first-order valence-electron chi connectivity index (χ1n) is 8.25. The third kappa shape index (κ3) is 5.69. The number of thioether (sulfide) groups is 1. The number of nitro benzene ring substituents is 1. The molecule has 0 aliphatic carbocycles. The molecule has 2 aromatic rings. The van der Waals surface area contributed by atoms with Gasteiger partial charge in [-0.1, -0.05) is 43.2 Å². The van der Waals surface area contributed by atoms with Gasteiger partial charge in [0.15, 0.2) is 5.78 Å². The predicted molar refractivity (Wildman–Crippen MR) is 99.2 cm³/mol. The van der Waals surface area contributed by atoms with Gasteiger partial charge >= 0.3 is 0 Å². The number of carbonyl (C=O) groups is 1. The fourth-order valence-corrected chi connectivity index (χ4v) is 3.44. The lowest BCUT2D eigenvalue weighted by atomic mass is 10.0. The Bertz CT molecular complexity index is 719. The summed E-state index contributed by atoms with van der Waals surface area (Å²) >= 11 is 1.43. The van der Waals surface area contributed by atoms with E-state index < -0.39 is 4.92 Å². The highest BCUT2D eigenvalue weighted by atomic mass is 32.2. The number of hydrogen-bond donors (Lipinski definition) is 1. The molecule has 0 fully saturated rings. The van der Waals surface area contributed by atoms with E-state index in [-0.39, 0.29) is 18.1 Å². The second-order valence-corrected chi connectivity index (χ2v) is 6.76. The minimum atomic E-state index is -0.435. The monoisotopic (exact) mass is 359 g/mol. The van der Waals surface area contributed by atoms with E-state index in [0.717, 1.165) is 31.4 Å². The fourth-order valence-electron chi connectivity index (χ4n) is 2.43. The number of aliphatic hydroxyl groups excluding tert-OH is 1. The van der Waals surface area contributed by atoms with Gasteiger partial charge in [0.25, 0.3) is 5.69 Å². The number of carbonyl (C=O) groups excluding carboxylic acids is 1. The number of benzene rings is 2. The van der Waals surface area contributed by atoms with Gasteiger partial charge in [-0.2, -0.15) is 0 Å². The van der Waals surface area contributed by atoms with Gasteiger partial charge in [-0.05, 0) is 30.7 Å². The van der Waals surface area contributed by atoms with E-state index in [9.17, 15) is 14.9 Å². The van der Waals surface area contributed by atoms with Crippen molar-refractivity contribution >= 4 is 23.2 Å². The first-order chi connectivity index (χ1) is 12.1. The van der Waals surface area contributed by atoms with Crippen molar-refractivity contribution in [2.24, 2.45) is 0 Å². The molecule has 0 aliphatic rings. The van der Waals surface area contributed by atoms with E-state index in [4.69, 9.17) is 5.11 Å². The molecule has 0 radical (unpaired) electrons. The molecule has 2 aromatic carbocycles. The fraction of sp³-hybridized carbons (Fsp3) is 0.316. The van der Waals surface area contributed by atoms with Crippen molar-refractivity contribution < 1.29 is 14.8 Å². The Balaban J connectivity index is 2.07. The maximum absolute atomic E-state index is 12.4. The Labute approximate surface area is 151 Å². The Morgan fingerprint density at radius 1 is 1.00 bits per heavy atom. The maximum atomic E-state index is 12.4. The van der Waals surface area contributed by atoms with Crippen LogP contribution in [0, 0.1) is 10.1 Å². The van der Waals surface area contributed by atoms with Gasteiger partial charge in [-0.15, -0.1) is 11.8 Å². The summed E-state index contributed by atoms with van der Waals surface area (Å²) < 4.78 is 0. The van der Waals surface area contributed by atoms with Crippen LogP contribution in [0.3, 0.4) is 0 Å². The molecule has 0 heterocycles. The smallest absolute Gasteiger partial charge is 0.283 e. The molecule has 2 rings (SSSR count). The zero-order valence-corrected chi connectivity index (χ0v) is 14.7. The highest BCUT2D eigenvalue weighted by Gasteiger charge is 2.18. The third-order valence-electron chi connectivity index (χ3n) is 3.76. The van der Waals surface area contributed by atoms with Crippen LogP contribution in [0.25, 0.3) is 0 Å². The van der Waals surface area contributed by atoms with Crippen molar-refractivity contribution in [2.45, 2.75) is 30.6 Å². The Hall–Kier alpha value is -2.18. The molecule has 5 nitrogen and oxygen atoms in total. The number of aliphatic hydroxyl groups is 1. The molecular formula is C19H21NO4S. The first-order valence-corrected chi connectivity index (χ1v) is 9.24. The van der Waals surface area contributed by atoms with Crippen molar-refractivity contribution in [3.63, 3.8) is 0 Å². The first kappa shape index (κ1) is 19.1. The van der Waals surface area contributed by atoms with Crippen molar-refractivity contribution in [3.8, 4) is 0 Å². The number of unbranched alkanes of at least 4 members (excludes halogenated alkanes) is 3. The molecule has 1 N–H and O–H groups in total. The molecule has 0 bridgehead atoms. The average molecular weight is 359 g/mol. The molecule has 0 spiro atoms. The summed E-state index contributed by atoms with van der Waals surface area (Å²) in [7, 11) is 0. The van der Waals surface area contributed by atoms with Gasteiger partial charge in [-0.25, -0.2) is 0 Å². The molecule has 132 valence electrons. The van der Waals surface area contributed by atoms with Crippen LogP contribution < -0.4 is 0 Å². The summed E-state index contributed by atoms with van der Waals surface area (Å²) in [4.78, 5) is 23.9. The number of nitrogens with zero attached hydrogens (tertiary/aromatic N) is 1. The third-order valence-corrected chi connectivity index (χ3v) is 4.91. The van der Waals surface area contributed by atoms with E-state index in [0.29, 0.717) is 16.0 Å². The van der Waals surface area contributed by atoms with Crippen molar-refractivity contribution in [3.05, 3.63) is 69.8 Å². The average Bonchev–Trinajstić information content (AvgIpc) is 2.64. The summed E-state index contributed by atoms with van der Waals surface area (Å²) in [6.07, 6.45) is 3.68. The second-order valence-electron chi connectivity index (χ2n) is 5.62. The molecule has 25 heavy (non-hydrogen) atoms. The minimum Gasteiger partial charge on any atom is -0.396 e. The largest absolute Gasteiger partial charge is 0.396 e.